The Labute approximate surface area is 138 Å². The van der Waals surface area contributed by atoms with Crippen molar-refractivity contribution in [2.45, 2.75) is 77.6 Å². The van der Waals surface area contributed by atoms with Gasteiger partial charge in [-0.2, -0.15) is 0 Å². The molecule has 0 aromatic heterocycles. The molecule has 0 amide bonds. The average Bonchev–Trinajstić information content (AvgIpc) is 2.44. The van der Waals surface area contributed by atoms with Crippen LogP contribution in [-0.2, 0) is 9.53 Å². The van der Waals surface area contributed by atoms with Gasteiger partial charge in [-0.25, -0.2) is 0 Å². The highest BCUT2D eigenvalue weighted by molar-refractivity contribution is 14.1. The highest BCUT2D eigenvalue weighted by atomic mass is 127. The number of carbonyl (C=O) groups excluding carboxylic acids is 1. The Hall–Kier alpha value is -0.0600. The molecular formula is C17H31IO2. The summed E-state index contributed by atoms with van der Waals surface area (Å²) in [6, 6.07) is 0. The molecule has 2 nitrogen and oxygen atoms in total. The van der Waals surface area contributed by atoms with Crippen LogP contribution < -0.4 is 0 Å². The fourth-order valence-electron chi connectivity index (χ4n) is 2.09. The minimum absolute atomic E-state index is 0.0836. The van der Waals surface area contributed by atoms with E-state index in [-0.39, 0.29) is 5.97 Å². The number of unbranched alkanes of at least 4 members (excludes halogenated alkanes) is 8. The summed E-state index contributed by atoms with van der Waals surface area (Å²) in [6.07, 6.45) is 17.8. The second kappa shape index (κ2) is 17.0. The van der Waals surface area contributed by atoms with E-state index in [1.165, 1.54) is 55.8 Å². The quantitative estimate of drug-likeness (QED) is 0.122. The zero-order chi connectivity index (χ0) is 14.9. The van der Waals surface area contributed by atoms with E-state index in [0.717, 1.165) is 12.8 Å². The van der Waals surface area contributed by atoms with Gasteiger partial charge in [-0.3, -0.25) is 4.79 Å². The first-order valence-electron chi connectivity index (χ1n) is 8.17. The van der Waals surface area contributed by atoms with Gasteiger partial charge in [0.1, 0.15) is 0 Å². The zero-order valence-electron chi connectivity index (χ0n) is 13.0. The lowest BCUT2D eigenvalue weighted by atomic mass is 10.1. The summed E-state index contributed by atoms with van der Waals surface area (Å²) in [4.78, 5) is 11.1. The number of halogens is 1. The fourth-order valence-corrected chi connectivity index (χ4v) is 2.63. The molecule has 3 heteroatoms. The van der Waals surface area contributed by atoms with Gasteiger partial charge in [0, 0.05) is 6.42 Å². The van der Waals surface area contributed by atoms with Crippen molar-refractivity contribution in [2.75, 3.05) is 11.0 Å². The SMILES string of the molecule is CCOC(=O)CCC=CCCCCCCCCCCI. The van der Waals surface area contributed by atoms with Crippen molar-refractivity contribution in [2.24, 2.45) is 0 Å². The highest BCUT2D eigenvalue weighted by Gasteiger charge is 1.97. The Bertz CT molecular complexity index is 239. The molecule has 0 aliphatic carbocycles. The Kier molecular flexibility index (Phi) is 16.9. The maximum absolute atomic E-state index is 11.1. The summed E-state index contributed by atoms with van der Waals surface area (Å²) in [5, 5.41) is 0. The Balaban J connectivity index is 3.13. The summed E-state index contributed by atoms with van der Waals surface area (Å²) in [5.41, 5.74) is 0. The number of allylic oxidation sites excluding steroid dienone is 2. The molecule has 0 aromatic rings. The maximum Gasteiger partial charge on any atom is 0.306 e. The van der Waals surface area contributed by atoms with Crippen LogP contribution in [0.4, 0.5) is 0 Å². The van der Waals surface area contributed by atoms with Crippen molar-refractivity contribution >= 4 is 28.6 Å². The lowest BCUT2D eigenvalue weighted by molar-refractivity contribution is -0.142. The first-order valence-corrected chi connectivity index (χ1v) is 9.70. The minimum Gasteiger partial charge on any atom is -0.466 e. The number of rotatable bonds is 14. The van der Waals surface area contributed by atoms with Gasteiger partial charge in [0.15, 0.2) is 0 Å². The van der Waals surface area contributed by atoms with Gasteiger partial charge in [0.05, 0.1) is 6.61 Å². The van der Waals surface area contributed by atoms with E-state index in [9.17, 15) is 4.79 Å². The third-order valence-electron chi connectivity index (χ3n) is 3.24. The molecule has 0 heterocycles. The van der Waals surface area contributed by atoms with Crippen LogP contribution >= 0.6 is 22.6 Å². The molecule has 0 radical (unpaired) electrons. The molecule has 0 N–H and O–H groups in total. The summed E-state index contributed by atoms with van der Waals surface area (Å²) < 4.78 is 6.18. The van der Waals surface area contributed by atoms with Crippen molar-refractivity contribution in [3.05, 3.63) is 12.2 Å². The number of esters is 1. The normalized spacial score (nSPS) is 11.1. The van der Waals surface area contributed by atoms with Crippen LogP contribution in [0.2, 0.25) is 0 Å². The summed E-state index contributed by atoms with van der Waals surface area (Å²) >= 11 is 2.46. The number of alkyl halides is 1. The average molecular weight is 394 g/mol. The highest BCUT2D eigenvalue weighted by Crippen LogP contribution is 2.10. The Morgan fingerprint density at radius 1 is 0.900 bits per heavy atom. The lowest BCUT2D eigenvalue weighted by Gasteiger charge is -2.00. The van der Waals surface area contributed by atoms with Crippen LogP contribution in [0.1, 0.15) is 77.6 Å². The van der Waals surface area contributed by atoms with E-state index in [0.29, 0.717) is 13.0 Å². The van der Waals surface area contributed by atoms with Gasteiger partial charge in [-0.1, -0.05) is 73.3 Å². The minimum atomic E-state index is -0.0836. The Morgan fingerprint density at radius 2 is 1.45 bits per heavy atom. The summed E-state index contributed by atoms with van der Waals surface area (Å²) in [6.45, 7) is 2.33. The van der Waals surface area contributed by atoms with E-state index in [4.69, 9.17) is 4.74 Å². The fraction of sp³-hybridized carbons (Fsp3) is 0.824. The molecule has 0 saturated carbocycles. The van der Waals surface area contributed by atoms with Crippen molar-refractivity contribution in [1.82, 2.24) is 0 Å². The van der Waals surface area contributed by atoms with Crippen molar-refractivity contribution in [3.8, 4) is 0 Å². The first-order chi connectivity index (χ1) is 9.81. The number of ether oxygens (including phenoxy) is 1. The van der Waals surface area contributed by atoms with Crippen molar-refractivity contribution in [3.63, 3.8) is 0 Å². The van der Waals surface area contributed by atoms with Gasteiger partial charge in [0.25, 0.3) is 0 Å². The van der Waals surface area contributed by atoms with Crippen LogP contribution in [-0.4, -0.2) is 17.0 Å². The predicted octanol–water partition coefficient (Wildman–Crippen LogP) is 5.83. The molecule has 118 valence electrons. The van der Waals surface area contributed by atoms with Crippen LogP contribution in [0.25, 0.3) is 0 Å². The van der Waals surface area contributed by atoms with Gasteiger partial charge >= 0.3 is 5.97 Å². The molecule has 0 unspecified atom stereocenters. The van der Waals surface area contributed by atoms with Gasteiger partial charge in [-0.05, 0) is 37.0 Å². The standard InChI is InChI=1S/C17H31IO2/c1-2-20-17(19)15-13-11-9-7-5-3-4-6-8-10-12-14-16-18/h9,11H,2-8,10,12-16H2,1H3. The van der Waals surface area contributed by atoms with E-state index in [1.54, 1.807) is 0 Å². The summed E-state index contributed by atoms with van der Waals surface area (Å²) in [5.74, 6) is -0.0836. The Morgan fingerprint density at radius 3 is 2.05 bits per heavy atom. The third kappa shape index (κ3) is 16.0. The molecule has 0 fully saturated rings. The molecule has 0 bridgehead atoms. The molecule has 0 aromatic carbocycles. The predicted molar refractivity (Wildman–Crippen MR) is 95.4 cm³/mol. The number of hydrogen-bond acceptors (Lipinski definition) is 2. The van der Waals surface area contributed by atoms with E-state index in [2.05, 4.69) is 34.7 Å². The molecule has 0 aliphatic heterocycles. The molecule has 0 aliphatic rings. The van der Waals surface area contributed by atoms with E-state index < -0.39 is 0 Å². The second-order valence-corrected chi connectivity index (χ2v) is 6.20. The van der Waals surface area contributed by atoms with Gasteiger partial charge < -0.3 is 4.74 Å². The first kappa shape index (κ1) is 19.9. The van der Waals surface area contributed by atoms with Gasteiger partial charge in [-0.15, -0.1) is 0 Å². The third-order valence-corrected chi connectivity index (χ3v) is 4.00. The molecule has 0 rings (SSSR count). The van der Waals surface area contributed by atoms with Crippen molar-refractivity contribution in [1.29, 1.82) is 0 Å². The zero-order valence-corrected chi connectivity index (χ0v) is 15.2. The van der Waals surface area contributed by atoms with Crippen LogP contribution in [0.3, 0.4) is 0 Å². The van der Waals surface area contributed by atoms with Gasteiger partial charge in [0.2, 0.25) is 0 Å². The van der Waals surface area contributed by atoms with Crippen LogP contribution in [0, 0.1) is 0 Å². The van der Waals surface area contributed by atoms with E-state index in [1.807, 2.05) is 6.92 Å². The molecule has 0 spiro atoms. The smallest absolute Gasteiger partial charge is 0.306 e. The molecule has 0 saturated heterocycles. The van der Waals surface area contributed by atoms with Crippen LogP contribution in [0.5, 0.6) is 0 Å². The second-order valence-electron chi connectivity index (χ2n) is 5.12. The number of hydrogen-bond donors (Lipinski definition) is 0. The van der Waals surface area contributed by atoms with Crippen LogP contribution in [0.15, 0.2) is 12.2 Å². The maximum atomic E-state index is 11.1. The molecule has 0 atom stereocenters. The largest absolute Gasteiger partial charge is 0.466 e. The molecular weight excluding hydrogens is 363 g/mol. The number of carbonyl (C=O) groups is 1. The summed E-state index contributed by atoms with van der Waals surface area (Å²) in [7, 11) is 0. The van der Waals surface area contributed by atoms with Crippen molar-refractivity contribution < 1.29 is 9.53 Å². The molecule has 20 heavy (non-hydrogen) atoms. The van der Waals surface area contributed by atoms with E-state index >= 15 is 0 Å². The lowest BCUT2D eigenvalue weighted by Crippen LogP contribution is -2.02. The monoisotopic (exact) mass is 394 g/mol. The topological polar surface area (TPSA) is 26.3 Å².